The maximum Gasteiger partial charge on any atom is 0.128 e. The number of hydrogen-bond donors (Lipinski definition) is 1. The minimum absolute atomic E-state index is 0.785. The molecule has 2 aromatic heterocycles. The lowest BCUT2D eigenvalue weighted by Crippen LogP contribution is -2.36. The number of hydrogen-bond acceptors (Lipinski definition) is 6. The van der Waals surface area contributed by atoms with Crippen LogP contribution in [-0.4, -0.2) is 36.3 Å². The van der Waals surface area contributed by atoms with Crippen molar-refractivity contribution < 1.29 is 4.74 Å². The predicted molar refractivity (Wildman–Crippen MR) is 86.1 cm³/mol. The highest BCUT2D eigenvalue weighted by atomic mass is 32.1. The summed E-state index contributed by atoms with van der Waals surface area (Å²) in [6.07, 6.45) is 4.85. The van der Waals surface area contributed by atoms with Crippen molar-refractivity contribution in [3.8, 4) is 0 Å². The maximum absolute atomic E-state index is 5.36. The van der Waals surface area contributed by atoms with Crippen LogP contribution in [0.1, 0.15) is 16.8 Å². The number of thiazole rings is 1. The average molecular weight is 304 g/mol. The van der Waals surface area contributed by atoms with Crippen LogP contribution in [0.4, 0.5) is 11.5 Å². The normalized spacial score (nSPS) is 15.2. The number of nitrogens with one attached hydrogen (secondary N) is 1. The molecule has 1 fully saturated rings. The first-order valence-electron chi connectivity index (χ1n) is 7.31. The second-order valence-corrected chi connectivity index (χ2v) is 6.13. The largest absolute Gasteiger partial charge is 0.379 e. The van der Waals surface area contributed by atoms with Gasteiger partial charge in [0.1, 0.15) is 5.82 Å². The number of aromatic nitrogens is 2. The van der Waals surface area contributed by atoms with Crippen molar-refractivity contribution in [3.63, 3.8) is 0 Å². The molecular weight excluding hydrogens is 284 g/mol. The zero-order valence-corrected chi connectivity index (χ0v) is 13.0. The standard InChI is InChI=1S/C15H20N4OS/c1-2-15-18-11-13(21-15)10-16-12-3-4-14(17-9-12)19-5-7-20-8-6-19/h3-4,9,11,16H,2,5-8,10H2,1H3. The van der Waals surface area contributed by atoms with E-state index in [1.54, 1.807) is 11.3 Å². The van der Waals surface area contributed by atoms with Crippen LogP contribution in [0, 0.1) is 0 Å². The van der Waals surface area contributed by atoms with Crippen molar-refractivity contribution >= 4 is 22.8 Å². The third kappa shape index (κ3) is 3.71. The van der Waals surface area contributed by atoms with Crippen LogP contribution >= 0.6 is 11.3 Å². The third-order valence-electron chi connectivity index (χ3n) is 3.45. The minimum atomic E-state index is 0.785. The Morgan fingerprint density at radius 2 is 2.10 bits per heavy atom. The Morgan fingerprint density at radius 1 is 1.24 bits per heavy atom. The fourth-order valence-electron chi connectivity index (χ4n) is 2.25. The van der Waals surface area contributed by atoms with Gasteiger partial charge in [-0.25, -0.2) is 9.97 Å². The number of aryl methyl sites for hydroxylation is 1. The van der Waals surface area contributed by atoms with Crippen LogP contribution in [0.3, 0.4) is 0 Å². The summed E-state index contributed by atoms with van der Waals surface area (Å²) >= 11 is 1.76. The molecule has 3 rings (SSSR count). The molecule has 0 saturated carbocycles. The topological polar surface area (TPSA) is 50.3 Å². The molecule has 21 heavy (non-hydrogen) atoms. The van der Waals surface area contributed by atoms with Gasteiger partial charge in [0, 0.05) is 24.2 Å². The maximum atomic E-state index is 5.36. The molecule has 1 aliphatic rings. The molecule has 2 aromatic rings. The van der Waals surface area contributed by atoms with E-state index < -0.39 is 0 Å². The molecule has 1 N–H and O–H groups in total. The number of anilines is 2. The van der Waals surface area contributed by atoms with E-state index in [1.807, 2.05) is 12.4 Å². The van der Waals surface area contributed by atoms with Crippen LogP contribution in [0.25, 0.3) is 0 Å². The summed E-state index contributed by atoms with van der Waals surface area (Å²) in [5.41, 5.74) is 1.04. The van der Waals surface area contributed by atoms with Crippen molar-refractivity contribution in [2.24, 2.45) is 0 Å². The Kier molecular flexibility index (Phi) is 4.67. The molecule has 1 saturated heterocycles. The van der Waals surface area contributed by atoms with E-state index in [0.29, 0.717) is 0 Å². The first-order valence-corrected chi connectivity index (χ1v) is 8.13. The summed E-state index contributed by atoms with van der Waals surface area (Å²) in [5.74, 6) is 1.02. The van der Waals surface area contributed by atoms with Crippen molar-refractivity contribution in [1.82, 2.24) is 9.97 Å². The molecule has 6 heteroatoms. The number of morpholine rings is 1. The molecule has 0 spiro atoms. The molecular formula is C15H20N4OS. The molecule has 112 valence electrons. The van der Waals surface area contributed by atoms with Crippen molar-refractivity contribution in [2.75, 3.05) is 36.5 Å². The van der Waals surface area contributed by atoms with Crippen LogP contribution < -0.4 is 10.2 Å². The fourth-order valence-corrected chi connectivity index (χ4v) is 3.05. The van der Waals surface area contributed by atoms with Gasteiger partial charge in [-0.05, 0) is 18.6 Å². The molecule has 0 aromatic carbocycles. The van der Waals surface area contributed by atoms with Gasteiger partial charge in [0.05, 0.1) is 36.7 Å². The molecule has 3 heterocycles. The predicted octanol–water partition coefficient (Wildman–Crippen LogP) is 2.55. The molecule has 5 nitrogen and oxygen atoms in total. The zero-order valence-electron chi connectivity index (χ0n) is 12.2. The SMILES string of the molecule is CCc1ncc(CNc2ccc(N3CCOCC3)nc2)s1. The number of ether oxygens (including phenoxy) is 1. The smallest absolute Gasteiger partial charge is 0.128 e. The summed E-state index contributed by atoms with van der Waals surface area (Å²) < 4.78 is 5.36. The first-order chi connectivity index (χ1) is 10.3. The monoisotopic (exact) mass is 304 g/mol. The van der Waals surface area contributed by atoms with E-state index in [-0.39, 0.29) is 0 Å². The van der Waals surface area contributed by atoms with E-state index in [9.17, 15) is 0 Å². The molecule has 0 atom stereocenters. The van der Waals surface area contributed by atoms with Crippen LogP contribution in [-0.2, 0) is 17.7 Å². The highest BCUT2D eigenvalue weighted by Crippen LogP contribution is 2.18. The average Bonchev–Trinajstić information content (AvgIpc) is 3.02. The molecule has 0 radical (unpaired) electrons. The van der Waals surface area contributed by atoms with Crippen molar-refractivity contribution in [2.45, 2.75) is 19.9 Å². The van der Waals surface area contributed by atoms with E-state index >= 15 is 0 Å². The summed E-state index contributed by atoms with van der Waals surface area (Å²) in [7, 11) is 0. The summed E-state index contributed by atoms with van der Waals surface area (Å²) in [5, 5.41) is 4.58. The van der Waals surface area contributed by atoms with Crippen LogP contribution in [0.5, 0.6) is 0 Å². The Morgan fingerprint density at radius 3 is 2.76 bits per heavy atom. The number of pyridine rings is 1. The lowest BCUT2D eigenvalue weighted by Gasteiger charge is -2.27. The zero-order chi connectivity index (χ0) is 14.5. The fraction of sp³-hybridized carbons (Fsp3) is 0.467. The van der Waals surface area contributed by atoms with Crippen molar-refractivity contribution in [1.29, 1.82) is 0 Å². The van der Waals surface area contributed by atoms with Gasteiger partial charge >= 0.3 is 0 Å². The van der Waals surface area contributed by atoms with Gasteiger partial charge in [-0.2, -0.15) is 0 Å². The molecule has 0 amide bonds. The van der Waals surface area contributed by atoms with Gasteiger partial charge in [0.2, 0.25) is 0 Å². The molecule has 0 unspecified atom stereocenters. The highest BCUT2D eigenvalue weighted by Gasteiger charge is 2.11. The number of rotatable bonds is 5. The number of nitrogens with zero attached hydrogens (tertiary/aromatic N) is 3. The van der Waals surface area contributed by atoms with Gasteiger partial charge in [0.15, 0.2) is 0 Å². The van der Waals surface area contributed by atoms with Gasteiger partial charge in [-0.1, -0.05) is 6.92 Å². The Bertz CT molecular complexity index is 563. The minimum Gasteiger partial charge on any atom is -0.379 e. The van der Waals surface area contributed by atoms with Crippen LogP contribution in [0.2, 0.25) is 0 Å². The lowest BCUT2D eigenvalue weighted by atomic mass is 10.3. The summed E-state index contributed by atoms with van der Waals surface area (Å²) in [6, 6.07) is 4.15. The second kappa shape index (κ2) is 6.87. The summed E-state index contributed by atoms with van der Waals surface area (Å²) in [6.45, 7) is 6.33. The molecule has 0 bridgehead atoms. The molecule has 0 aliphatic carbocycles. The quantitative estimate of drug-likeness (QED) is 0.920. The van der Waals surface area contributed by atoms with E-state index in [2.05, 4.69) is 39.2 Å². The van der Waals surface area contributed by atoms with E-state index in [1.165, 1.54) is 9.88 Å². The van der Waals surface area contributed by atoms with Crippen molar-refractivity contribution in [3.05, 3.63) is 34.4 Å². The first kappa shape index (κ1) is 14.3. The van der Waals surface area contributed by atoms with E-state index in [0.717, 1.165) is 50.8 Å². The van der Waals surface area contributed by atoms with Crippen LogP contribution in [0.15, 0.2) is 24.5 Å². The lowest BCUT2D eigenvalue weighted by molar-refractivity contribution is 0.122. The van der Waals surface area contributed by atoms with E-state index in [4.69, 9.17) is 4.74 Å². The third-order valence-corrected chi connectivity index (χ3v) is 4.60. The van der Waals surface area contributed by atoms with Gasteiger partial charge in [-0.3, -0.25) is 0 Å². The highest BCUT2D eigenvalue weighted by molar-refractivity contribution is 7.11. The van der Waals surface area contributed by atoms with Gasteiger partial charge < -0.3 is 15.0 Å². The Labute approximate surface area is 129 Å². The Hall–Kier alpha value is -1.66. The Balaban J connectivity index is 1.56. The van der Waals surface area contributed by atoms with Gasteiger partial charge in [-0.15, -0.1) is 11.3 Å². The molecule has 1 aliphatic heterocycles. The second-order valence-electron chi connectivity index (χ2n) is 4.93. The van der Waals surface area contributed by atoms with Gasteiger partial charge in [0.25, 0.3) is 0 Å². The summed E-state index contributed by atoms with van der Waals surface area (Å²) in [4.78, 5) is 12.4.